The molecular formula is C21H27FIN5O2. The molecule has 2 aromatic rings. The van der Waals surface area contributed by atoms with Gasteiger partial charge >= 0.3 is 0 Å². The van der Waals surface area contributed by atoms with E-state index in [9.17, 15) is 9.18 Å². The first-order chi connectivity index (χ1) is 14.1. The smallest absolute Gasteiger partial charge is 0.243 e. The monoisotopic (exact) mass is 527 g/mol. The lowest BCUT2D eigenvalue weighted by Gasteiger charge is -2.37. The summed E-state index contributed by atoms with van der Waals surface area (Å²) in [5, 5.41) is 5.82. The number of nitrogens with one attached hydrogen (secondary N) is 2. The highest BCUT2D eigenvalue weighted by Crippen LogP contribution is 2.20. The lowest BCUT2D eigenvalue weighted by atomic mass is 10.2. The Bertz CT molecular complexity index is 837. The molecule has 0 atom stereocenters. The van der Waals surface area contributed by atoms with Crippen molar-refractivity contribution in [1.82, 2.24) is 10.2 Å². The van der Waals surface area contributed by atoms with Crippen molar-refractivity contribution in [1.29, 1.82) is 0 Å². The Labute approximate surface area is 193 Å². The van der Waals surface area contributed by atoms with E-state index in [0.717, 1.165) is 37.6 Å². The molecule has 9 heteroatoms. The Balaban J connectivity index is 0.00000320. The summed E-state index contributed by atoms with van der Waals surface area (Å²) in [5.74, 6) is 0.981. The van der Waals surface area contributed by atoms with Crippen LogP contribution in [0.3, 0.4) is 0 Å². The summed E-state index contributed by atoms with van der Waals surface area (Å²) in [6.45, 7) is 3.39. The largest absolute Gasteiger partial charge is 0.497 e. The second-order valence-electron chi connectivity index (χ2n) is 6.63. The molecule has 3 rings (SSSR count). The number of anilines is 2. The van der Waals surface area contributed by atoms with Crippen molar-refractivity contribution in [2.75, 3.05) is 57.1 Å². The molecule has 0 aromatic heterocycles. The number of hydrogen-bond acceptors (Lipinski definition) is 4. The number of nitrogens with zero attached hydrogens (tertiary/aromatic N) is 3. The summed E-state index contributed by atoms with van der Waals surface area (Å²) in [4.78, 5) is 20.9. The zero-order valence-electron chi connectivity index (χ0n) is 17.1. The van der Waals surface area contributed by atoms with Gasteiger partial charge in [-0.15, -0.1) is 24.0 Å². The fraction of sp³-hybridized carbons (Fsp3) is 0.333. The number of aliphatic imine (C=N–C) groups is 1. The average molecular weight is 527 g/mol. The first-order valence-corrected chi connectivity index (χ1v) is 9.49. The third kappa shape index (κ3) is 6.48. The Hall–Kier alpha value is -2.56. The summed E-state index contributed by atoms with van der Waals surface area (Å²) in [5.41, 5.74) is 1.72. The van der Waals surface area contributed by atoms with Crippen LogP contribution in [0.5, 0.6) is 5.75 Å². The minimum absolute atomic E-state index is 0. The normalized spacial score (nSPS) is 14.0. The number of piperazine rings is 1. The highest BCUT2D eigenvalue weighted by Gasteiger charge is 2.20. The van der Waals surface area contributed by atoms with Gasteiger partial charge in [0.2, 0.25) is 5.91 Å². The number of amides is 1. The second-order valence-corrected chi connectivity index (χ2v) is 6.63. The van der Waals surface area contributed by atoms with Crippen LogP contribution in [0.2, 0.25) is 0 Å². The van der Waals surface area contributed by atoms with E-state index in [4.69, 9.17) is 4.74 Å². The third-order valence-electron chi connectivity index (χ3n) is 4.76. The molecule has 1 saturated heterocycles. The van der Waals surface area contributed by atoms with E-state index in [1.165, 1.54) is 24.3 Å². The molecule has 7 nitrogen and oxygen atoms in total. The van der Waals surface area contributed by atoms with Crippen molar-refractivity contribution in [3.63, 3.8) is 0 Å². The van der Waals surface area contributed by atoms with Gasteiger partial charge in [-0.1, -0.05) is 0 Å². The van der Waals surface area contributed by atoms with Gasteiger partial charge in [0, 0.05) is 44.6 Å². The summed E-state index contributed by atoms with van der Waals surface area (Å²) in [6, 6.07) is 13.7. The molecule has 1 amide bonds. The number of carbonyl (C=O) groups excluding carboxylic acids is 1. The predicted molar refractivity (Wildman–Crippen MR) is 129 cm³/mol. The summed E-state index contributed by atoms with van der Waals surface area (Å²) in [6.07, 6.45) is 0. The molecule has 1 fully saturated rings. The molecular weight excluding hydrogens is 500 g/mol. The molecule has 1 aliphatic rings. The van der Waals surface area contributed by atoms with Gasteiger partial charge in [-0.2, -0.15) is 0 Å². The van der Waals surface area contributed by atoms with Gasteiger partial charge in [-0.3, -0.25) is 9.79 Å². The molecule has 0 unspecified atom stereocenters. The second kappa shape index (κ2) is 11.6. The van der Waals surface area contributed by atoms with Crippen LogP contribution in [0.4, 0.5) is 15.8 Å². The molecule has 0 aliphatic carbocycles. The first kappa shape index (κ1) is 23.7. The number of rotatable bonds is 5. The number of methoxy groups -OCH3 is 1. The minimum Gasteiger partial charge on any atom is -0.497 e. The van der Waals surface area contributed by atoms with Gasteiger partial charge < -0.3 is 25.2 Å². The molecule has 2 N–H and O–H groups in total. The quantitative estimate of drug-likeness (QED) is 0.356. The highest BCUT2D eigenvalue weighted by atomic mass is 127. The molecule has 1 aliphatic heterocycles. The number of benzene rings is 2. The van der Waals surface area contributed by atoms with Crippen LogP contribution in [0.25, 0.3) is 0 Å². The molecule has 0 bridgehead atoms. The predicted octanol–water partition coefficient (Wildman–Crippen LogP) is 2.79. The van der Waals surface area contributed by atoms with Crippen LogP contribution in [-0.2, 0) is 4.79 Å². The van der Waals surface area contributed by atoms with Crippen LogP contribution in [0.1, 0.15) is 0 Å². The van der Waals surface area contributed by atoms with Gasteiger partial charge in [-0.05, 0) is 48.5 Å². The van der Waals surface area contributed by atoms with E-state index < -0.39 is 0 Å². The lowest BCUT2D eigenvalue weighted by molar-refractivity contribution is -0.115. The van der Waals surface area contributed by atoms with Gasteiger partial charge in [0.05, 0.1) is 13.7 Å². The Kier molecular flexibility index (Phi) is 9.15. The number of halogens is 2. The number of hydrogen-bond donors (Lipinski definition) is 2. The van der Waals surface area contributed by atoms with Gasteiger partial charge in [-0.25, -0.2) is 4.39 Å². The Morgan fingerprint density at radius 3 is 2.27 bits per heavy atom. The summed E-state index contributed by atoms with van der Waals surface area (Å²) in [7, 11) is 3.36. The maximum absolute atomic E-state index is 12.9. The van der Waals surface area contributed by atoms with Gasteiger partial charge in [0.1, 0.15) is 11.6 Å². The van der Waals surface area contributed by atoms with Crippen molar-refractivity contribution in [3.05, 3.63) is 54.3 Å². The fourth-order valence-corrected chi connectivity index (χ4v) is 3.20. The third-order valence-corrected chi connectivity index (χ3v) is 4.76. The summed E-state index contributed by atoms with van der Waals surface area (Å²) >= 11 is 0. The van der Waals surface area contributed by atoms with Crippen molar-refractivity contribution in [2.24, 2.45) is 4.99 Å². The molecule has 162 valence electrons. The van der Waals surface area contributed by atoms with E-state index in [1.807, 2.05) is 12.1 Å². The van der Waals surface area contributed by atoms with Crippen LogP contribution in [-0.4, -0.2) is 63.6 Å². The van der Waals surface area contributed by atoms with E-state index in [2.05, 4.69) is 37.6 Å². The molecule has 2 aromatic carbocycles. The van der Waals surface area contributed by atoms with Crippen LogP contribution < -0.4 is 20.3 Å². The van der Waals surface area contributed by atoms with Crippen LogP contribution >= 0.6 is 24.0 Å². The number of carbonyl (C=O) groups is 1. The van der Waals surface area contributed by atoms with Crippen molar-refractivity contribution in [2.45, 2.75) is 0 Å². The topological polar surface area (TPSA) is 69.2 Å². The van der Waals surface area contributed by atoms with Crippen molar-refractivity contribution >= 4 is 47.2 Å². The zero-order valence-corrected chi connectivity index (χ0v) is 19.4. The van der Waals surface area contributed by atoms with Crippen LogP contribution in [0.15, 0.2) is 53.5 Å². The molecule has 0 radical (unpaired) electrons. The van der Waals surface area contributed by atoms with E-state index in [1.54, 1.807) is 14.2 Å². The first-order valence-electron chi connectivity index (χ1n) is 9.49. The standard InChI is InChI=1S/C21H26FN5O2.HI/c1-23-21(24-15-20(28)25-17-5-3-16(22)4-6-17)27-13-11-26(12-14-27)18-7-9-19(29-2)10-8-18;/h3-10H,11-15H2,1-2H3,(H,23,24)(H,25,28);1H. The average Bonchev–Trinajstić information content (AvgIpc) is 2.76. The highest BCUT2D eigenvalue weighted by molar-refractivity contribution is 14.0. The van der Waals surface area contributed by atoms with E-state index in [-0.39, 0.29) is 42.2 Å². The SMILES string of the molecule is CN=C(NCC(=O)Nc1ccc(F)cc1)N1CCN(c2ccc(OC)cc2)CC1.I. The fourth-order valence-electron chi connectivity index (χ4n) is 3.20. The Morgan fingerprint density at radius 2 is 1.70 bits per heavy atom. The van der Waals surface area contributed by atoms with Crippen molar-refractivity contribution in [3.8, 4) is 5.75 Å². The number of guanidine groups is 1. The van der Waals surface area contributed by atoms with Gasteiger partial charge in [0.15, 0.2) is 5.96 Å². The molecule has 30 heavy (non-hydrogen) atoms. The van der Waals surface area contributed by atoms with Crippen LogP contribution in [0, 0.1) is 5.82 Å². The van der Waals surface area contributed by atoms with E-state index >= 15 is 0 Å². The Morgan fingerprint density at radius 1 is 1.07 bits per heavy atom. The molecule has 0 spiro atoms. The van der Waals surface area contributed by atoms with Gasteiger partial charge in [0.25, 0.3) is 0 Å². The molecule has 0 saturated carbocycles. The maximum Gasteiger partial charge on any atom is 0.243 e. The summed E-state index contributed by atoms with van der Waals surface area (Å²) < 4.78 is 18.2. The minimum atomic E-state index is -0.338. The van der Waals surface area contributed by atoms with E-state index in [0.29, 0.717) is 11.6 Å². The molecule has 1 heterocycles. The zero-order chi connectivity index (χ0) is 20.6. The van der Waals surface area contributed by atoms with Crippen molar-refractivity contribution < 1.29 is 13.9 Å². The number of ether oxygens (including phenoxy) is 1. The maximum atomic E-state index is 12.9. The lowest BCUT2D eigenvalue weighted by Crippen LogP contribution is -2.53.